The Morgan fingerprint density at radius 3 is 2.79 bits per heavy atom. The molecule has 0 aliphatic heterocycles. The predicted octanol–water partition coefficient (Wildman–Crippen LogP) is 2.18. The van der Waals surface area contributed by atoms with Crippen molar-refractivity contribution < 1.29 is 9.21 Å². The molecule has 24 heavy (non-hydrogen) atoms. The molecule has 0 spiro atoms. The minimum atomic E-state index is -0.150. The average Bonchev–Trinajstić information content (AvgIpc) is 3.24. The van der Waals surface area contributed by atoms with E-state index in [2.05, 4.69) is 25.8 Å². The summed E-state index contributed by atoms with van der Waals surface area (Å²) in [6, 6.07) is 11.7. The molecular weight excluding hydrogens is 306 g/mol. The van der Waals surface area contributed by atoms with E-state index in [1.807, 2.05) is 37.3 Å². The minimum absolute atomic E-state index is 0.127. The average molecular weight is 325 g/mol. The molecule has 3 aromatic rings. The Morgan fingerprint density at radius 1 is 1.21 bits per heavy atom. The SMILES string of the molecule is Cc1ccc(NCc2nc(CC(=O)NCc3ccco3)n[nH]2)cc1. The van der Waals surface area contributed by atoms with E-state index in [-0.39, 0.29) is 12.3 Å². The van der Waals surface area contributed by atoms with Crippen LogP contribution >= 0.6 is 0 Å². The van der Waals surface area contributed by atoms with Crippen LogP contribution in [0.3, 0.4) is 0 Å². The zero-order valence-electron chi connectivity index (χ0n) is 13.4. The number of nitrogens with zero attached hydrogens (tertiary/aromatic N) is 2. The molecule has 2 heterocycles. The molecular formula is C17H19N5O2. The number of benzene rings is 1. The molecule has 0 saturated carbocycles. The van der Waals surface area contributed by atoms with Crippen LogP contribution in [0.1, 0.15) is 23.0 Å². The van der Waals surface area contributed by atoms with E-state index < -0.39 is 0 Å². The van der Waals surface area contributed by atoms with Crippen molar-refractivity contribution in [3.63, 3.8) is 0 Å². The van der Waals surface area contributed by atoms with E-state index in [9.17, 15) is 4.79 Å². The molecule has 0 radical (unpaired) electrons. The molecule has 1 amide bonds. The molecule has 0 atom stereocenters. The van der Waals surface area contributed by atoms with Crippen LogP contribution in [0.2, 0.25) is 0 Å². The molecule has 7 nitrogen and oxygen atoms in total. The summed E-state index contributed by atoms with van der Waals surface area (Å²) in [5.41, 5.74) is 2.22. The van der Waals surface area contributed by atoms with Gasteiger partial charge < -0.3 is 15.1 Å². The summed E-state index contributed by atoms with van der Waals surface area (Å²) in [7, 11) is 0. The van der Waals surface area contributed by atoms with Gasteiger partial charge in [0.1, 0.15) is 11.6 Å². The lowest BCUT2D eigenvalue weighted by molar-refractivity contribution is -0.120. The highest BCUT2D eigenvalue weighted by Crippen LogP contribution is 2.09. The van der Waals surface area contributed by atoms with Gasteiger partial charge in [0.2, 0.25) is 5.91 Å². The topological polar surface area (TPSA) is 95.8 Å². The normalized spacial score (nSPS) is 10.5. The van der Waals surface area contributed by atoms with Crippen LogP contribution in [0, 0.1) is 6.92 Å². The first-order valence-electron chi connectivity index (χ1n) is 7.69. The second-order valence-corrected chi connectivity index (χ2v) is 5.45. The number of amides is 1. The lowest BCUT2D eigenvalue weighted by atomic mass is 10.2. The molecule has 3 rings (SSSR count). The number of hydrogen-bond acceptors (Lipinski definition) is 5. The number of carbonyl (C=O) groups excluding carboxylic acids is 1. The summed E-state index contributed by atoms with van der Waals surface area (Å²) in [5, 5.41) is 12.9. The Kier molecular flexibility index (Phi) is 4.90. The lowest BCUT2D eigenvalue weighted by Crippen LogP contribution is -2.24. The third kappa shape index (κ3) is 4.45. The quantitative estimate of drug-likeness (QED) is 0.619. The Hall–Kier alpha value is -3.09. The molecule has 1 aromatic carbocycles. The van der Waals surface area contributed by atoms with E-state index in [1.165, 1.54) is 5.56 Å². The fourth-order valence-corrected chi connectivity index (χ4v) is 2.16. The van der Waals surface area contributed by atoms with Crippen molar-refractivity contribution in [2.24, 2.45) is 0 Å². The number of aryl methyl sites for hydroxylation is 1. The Labute approximate surface area is 139 Å². The molecule has 0 bridgehead atoms. The number of aromatic amines is 1. The van der Waals surface area contributed by atoms with E-state index >= 15 is 0 Å². The second kappa shape index (κ2) is 7.45. The summed E-state index contributed by atoms with van der Waals surface area (Å²) >= 11 is 0. The molecule has 7 heteroatoms. The minimum Gasteiger partial charge on any atom is -0.467 e. The number of furan rings is 1. The van der Waals surface area contributed by atoms with Gasteiger partial charge in [-0.05, 0) is 31.2 Å². The number of hydrogen-bond donors (Lipinski definition) is 3. The number of carbonyl (C=O) groups is 1. The maximum atomic E-state index is 11.9. The van der Waals surface area contributed by atoms with Gasteiger partial charge in [-0.2, -0.15) is 5.10 Å². The van der Waals surface area contributed by atoms with Crippen molar-refractivity contribution >= 4 is 11.6 Å². The van der Waals surface area contributed by atoms with Gasteiger partial charge in [0.25, 0.3) is 0 Å². The third-order valence-corrected chi connectivity index (χ3v) is 3.45. The van der Waals surface area contributed by atoms with Crippen LogP contribution in [0.5, 0.6) is 0 Å². The highest BCUT2D eigenvalue weighted by Gasteiger charge is 2.09. The van der Waals surface area contributed by atoms with Crippen LogP contribution in [0.4, 0.5) is 5.69 Å². The van der Waals surface area contributed by atoms with E-state index in [0.717, 1.165) is 5.69 Å². The number of nitrogens with one attached hydrogen (secondary N) is 3. The summed E-state index contributed by atoms with van der Waals surface area (Å²) in [6.45, 7) is 2.92. The van der Waals surface area contributed by atoms with Gasteiger partial charge in [-0.3, -0.25) is 9.89 Å². The molecule has 3 N–H and O–H groups in total. The largest absolute Gasteiger partial charge is 0.467 e. The fraction of sp³-hybridized carbons (Fsp3) is 0.235. The van der Waals surface area contributed by atoms with E-state index in [1.54, 1.807) is 12.3 Å². The zero-order chi connectivity index (χ0) is 16.8. The standard InChI is InChI=1S/C17H19N5O2/c1-12-4-6-13(7-5-12)18-11-16-20-15(21-22-16)9-17(23)19-10-14-3-2-8-24-14/h2-8,18H,9-11H2,1H3,(H,19,23)(H,20,21,22). The summed E-state index contributed by atoms with van der Waals surface area (Å²) < 4.78 is 5.16. The lowest BCUT2D eigenvalue weighted by Gasteiger charge is -2.03. The number of H-pyrrole nitrogens is 1. The van der Waals surface area contributed by atoms with Crippen molar-refractivity contribution in [3.05, 3.63) is 65.6 Å². The van der Waals surface area contributed by atoms with Crippen LogP contribution in [0.15, 0.2) is 47.1 Å². The Balaban J connectivity index is 1.46. The maximum Gasteiger partial charge on any atom is 0.228 e. The smallest absolute Gasteiger partial charge is 0.228 e. The third-order valence-electron chi connectivity index (χ3n) is 3.45. The number of aromatic nitrogens is 3. The van der Waals surface area contributed by atoms with Crippen LogP contribution < -0.4 is 10.6 Å². The Morgan fingerprint density at radius 2 is 2.04 bits per heavy atom. The molecule has 0 unspecified atom stereocenters. The molecule has 2 aromatic heterocycles. The van der Waals surface area contributed by atoms with Crippen LogP contribution in [-0.2, 0) is 24.3 Å². The highest BCUT2D eigenvalue weighted by molar-refractivity contribution is 5.77. The van der Waals surface area contributed by atoms with E-state index in [4.69, 9.17) is 4.42 Å². The van der Waals surface area contributed by atoms with Crippen LogP contribution in [0.25, 0.3) is 0 Å². The summed E-state index contributed by atoms with van der Waals surface area (Å²) in [5.74, 6) is 1.71. The van der Waals surface area contributed by atoms with Crippen molar-refractivity contribution in [1.29, 1.82) is 0 Å². The van der Waals surface area contributed by atoms with Crippen molar-refractivity contribution in [2.75, 3.05) is 5.32 Å². The second-order valence-electron chi connectivity index (χ2n) is 5.45. The van der Waals surface area contributed by atoms with Crippen LogP contribution in [-0.4, -0.2) is 21.1 Å². The van der Waals surface area contributed by atoms with Gasteiger partial charge in [0.15, 0.2) is 5.82 Å². The van der Waals surface area contributed by atoms with Gasteiger partial charge in [-0.25, -0.2) is 4.98 Å². The van der Waals surface area contributed by atoms with Crippen molar-refractivity contribution in [2.45, 2.75) is 26.4 Å². The van der Waals surface area contributed by atoms with Crippen molar-refractivity contribution in [3.8, 4) is 0 Å². The predicted molar refractivity (Wildman–Crippen MR) is 89.1 cm³/mol. The highest BCUT2D eigenvalue weighted by atomic mass is 16.3. The maximum absolute atomic E-state index is 11.9. The monoisotopic (exact) mass is 325 g/mol. The van der Waals surface area contributed by atoms with Gasteiger partial charge in [0, 0.05) is 5.69 Å². The zero-order valence-corrected chi connectivity index (χ0v) is 13.4. The fourth-order valence-electron chi connectivity index (χ4n) is 2.16. The number of rotatable bonds is 7. The Bertz CT molecular complexity index is 778. The van der Waals surface area contributed by atoms with E-state index in [0.29, 0.717) is 30.5 Å². The van der Waals surface area contributed by atoms with Crippen molar-refractivity contribution in [1.82, 2.24) is 20.5 Å². The van der Waals surface area contributed by atoms with Gasteiger partial charge in [0.05, 0.1) is 25.8 Å². The summed E-state index contributed by atoms with van der Waals surface area (Å²) in [4.78, 5) is 16.2. The molecule has 0 aliphatic carbocycles. The van der Waals surface area contributed by atoms with Gasteiger partial charge >= 0.3 is 0 Å². The first kappa shape index (κ1) is 15.8. The van der Waals surface area contributed by atoms with Gasteiger partial charge in [-0.1, -0.05) is 17.7 Å². The van der Waals surface area contributed by atoms with Gasteiger partial charge in [-0.15, -0.1) is 0 Å². The molecule has 0 fully saturated rings. The molecule has 124 valence electrons. The molecule has 0 saturated heterocycles. The first-order chi connectivity index (χ1) is 11.7. The summed E-state index contributed by atoms with van der Waals surface area (Å²) in [6.07, 6.45) is 1.70. The first-order valence-corrected chi connectivity index (χ1v) is 7.69. The molecule has 0 aliphatic rings. The number of anilines is 1.